The molecule has 0 aliphatic carbocycles. The van der Waals surface area contributed by atoms with E-state index in [0.29, 0.717) is 11.3 Å². The summed E-state index contributed by atoms with van der Waals surface area (Å²) in [4.78, 5) is 23.2. The minimum absolute atomic E-state index is 0.528. The zero-order valence-electron chi connectivity index (χ0n) is 11.5. The zero-order valence-corrected chi connectivity index (χ0v) is 11.5. The van der Waals surface area contributed by atoms with Gasteiger partial charge in [-0.15, -0.1) is 0 Å². The number of hydrogen-bond acceptors (Lipinski definition) is 4. The lowest BCUT2D eigenvalue weighted by Crippen LogP contribution is -2.25. The van der Waals surface area contributed by atoms with Gasteiger partial charge >= 0.3 is 5.97 Å². The van der Waals surface area contributed by atoms with Crippen LogP contribution in [-0.4, -0.2) is 11.9 Å². The fourth-order valence-electron chi connectivity index (χ4n) is 1.77. The molecule has 0 saturated heterocycles. The van der Waals surface area contributed by atoms with Crippen LogP contribution in [0.1, 0.15) is 23.2 Å². The van der Waals surface area contributed by atoms with Crippen LogP contribution in [0.5, 0.6) is 0 Å². The van der Waals surface area contributed by atoms with Crippen molar-refractivity contribution in [3.05, 3.63) is 65.6 Å². The van der Waals surface area contributed by atoms with Crippen molar-refractivity contribution >= 4 is 18.0 Å². The van der Waals surface area contributed by atoms with Crippen molar-refractivity contribution in [1.82, 2.24) is 0 Å². The molecule has 1 amide bonds. The molecule has 0 aliphatic rings. The molecule has 1 aromatic heterocycles. The Kier molecular flexibility index (Phi) is 4.56. The molecule has 0 aliphatic heterocycles. The third-order valence-corrected chi connectivity index (χ3v) is 2.74. The van der Waals surface area contributed by atoms with E-state index in [2.05, 4.69) is 0 Å². The highest BCUT2D eigenvalue weighted by Gasteiger charge is 2.21. The zero-order chi connectivity index (χ0) is 15.2. The van der Waals surface area contributed by atoms with Crippen LogP contribution < -0.4 is 5.73 Å². The van der Waals surface area contributed by atoms with E-state index in [9.17, 15) is 9.59 Å². The third kappa shape index (κ3) is 4.07. The Bertz CT molecular complexity index is 658. The summed E-state index contributed by atoms with van der Waals surface area (Å²) in [7, 11) is 0. The predicted molar refractivity (Wildman–Crippen MR) is 76.9 cm³/mol. The van der Waals surface area contributed by atoms with E-state index < -0.39 is 18.0 Å². The summed E-state index contributed by atoms with van der Waals surface area (Å²) in [6.45, 7) is 1.80. The van der Waals surface area contributed by atoms with Crippen LogP contribution in [0, 0.1) is 6.92 Å². The van der Waals surface area contributed by atoms with Crippen LogP contribution in [0.25, 0.3) is 6.08 Å². The highest BCUT2D eigenvalue weighted by molar-refractivity contribution is 5.90. The van der Waals surface area contributed by atoms with Crippen LogP contribution >= 0.6 is 0 Å². The Morgan fingerprint density at radius 1 is 1.19 bits per heavy atom. The van der Waals surface area contributed by atoms with Crippen LogP contribution in [0.15, 0.2) is 53.0 Å². The predicted octanol–water partition coefficient (Wildman–Crippen LogP) is 2.37. The number of benzene rings is 1. The molecule has 1 unspecified atom stereocenters. The molecule has 5 nitrogen and oxygen atoms in total. The minimum atomic E-state index is -1.11. The number of aryl methyl sites for hydroxylation is 1. The maximum absolute atomic E-state index is 11.8. The third-order valence-electron chi connectivity index (χ3n) is 2.74. The number of hydrogen-bond donors (Lipinski definition) is 1. The molecule has 5 heteroatoms. The molecule has 0 radical (unpaired) electrons. The Labute approximate surface area is 122 Å². The monoisotopic (exact) mass is 285 g/mol. The molecule has 2 N–H and O–H groups in total. The van der Waals surface area contributed by atoms with Gasteiger partial charge < -0.3 is 14.9 Å². The van der Waals surface area contributed by atoms with E-state index in [4.69, 9.17) is 14.9 Å². The topological polar surface area (TPSA) is 82.5 Å². The Hall–Kier alpha value is -2.82. The normalized spacial score (nSPS) is 12.2. The van der Waals surface area contributed by atoms with Crippen molar-refractivity contribution in [3.8, 4) is 0 Å². The van der Waals surface area contributed by atoms with E-state index >= 15 is 0 Å². The van der Waals surface area contributed by atoms with E-state index in [-0.39, 0.29) is 0 Å². The lowest BCUT2D eigenvalue weighted by Gasteiger charge is -2.13. The molecule has 1 heterocycles. The van der Waals surface area contributed by atoms with Crippen molar-refractivity contribution in [2.24, 2.45) is 5.73 Å². The average Bonchev–Trinajstić information content (AvgIpc) is 2.89. The summed E-state index contributed by atoms with van der Waals surface area (Å²) in [5.41, 5.74) is 5.80. The standard InChI is InChI=1S/C16H15NO4/c1-11-7-8-13(20-11)9-10-14(18)21-15(16(17)19)12-5-3-2-4-6-12/h2-10,15H,1H3,(H2,17,19)/b10-9+. The van der Waals surface area contributed by atoms with Crippen molar-refractivity contribution in [3.63, 3.8) is 0 Å². The number of ether oxygens (including phenoxy) is 1. The molecule has 21 heavy (non-hydrogen) atoms. The van der Waals surface area contributed by atoms with Gasteiger partial charge in [-0.05, 0) is 25.1 Å². The van der Waals surface area contributed by atoms with E-state index in [1.807, 2.05) is 0 Å². The van der Waals surface area contributed by atoms with Gasteiger partial charge in [0.2, 0.25) is 6.10 Å². The van der Waals surface area contributed by atoms with Crippen LogP contribution in [-0.2, 0) is 14.3 Å². The SMILES string of the molecule is Cc1ccc(/C=C/C(=O)OC(C(N)=O)c2ccccc2)o1. The molecular weight excluding hydrogens is 270 g/mol. The van der Waals surface area contributed by atoms with Gasteiger partial charge in [0.15, 0.2) is 0 Å². The number of esters is 1. The molecular formula is C16H15NO4. The van der Waals surface area contributed by atoms with Crippen molar-refractivity contribution in [1.29, 1.82) is 0 Å². The Morgan fingerprint density at radius 2 is 1.90 bits per heavy atom. The first-order chi connectivity index (χ1) is 10.1. The second-order valence-electron chi connectivity index (χ2n) is 4.41. The number of furan rings is 1. The lowest BCUT2D eigenvalue weighted by molar-refractivity contribution is -0.150. The van der Waals surface area contributed by atoms with Crippen LogP contribution in [0.3, 0.4) is 0 Å². The van der Waals surface area contributed by atoms with Gasteiger partial charge in [0.05, 0.1) is 0 Å². The fraction of sp³-hybridized carbons (Fsp3) is 0.125. The number of primary amides is 1. The Morgan fingerprint density at radius 3 is 2.48 bits per heavy atom. The van der Waals surface area contributed by atoms with Crippen molar-refractivity contribution < 1.29 is 18.7 Å². The number of carbonyl (C=O) groups excluding carboxylic acids is 2. The van der Waals surface area contributed by atoms with E-state index in [1.165, 1.54) is 12.2 Å². The van der Waals surface area contributed by atoms with Crippen molar-refractivity contribution in [2.45, 2.75) is 13.0 Å². The maximum atomic E-state index is 11.8. The smallest absolute Gasteiger partial charge is 0.332 e. The summed E-state index contributed by atoms with van der Waals surface area (Å²) in [6, 6.07) is 12.1. The highest BCUT2D eigenvalue weighted by atomic mass is 16.5. The molecule has 0 spiro atoms. The largest absolute Gasteiger partial charge is 0.462 e. The van der Waals surface area contributed by atoms with Gasteiger partial charge in [0, 0.05) is 11.6 Å². The average molecular weight is 285 g/mol. The van der Waals surface area contributed by atoms with Gasteiger partial charge in [-0.3, -0.25) is 4.79 Å². The molecule has 1 aromatic carbocycles. The first-order valence-electron chi connectivity index (χ1n) is 6.35. The quantitative estimate of drug-likeness (QED) is 0.675. The van der Waals surface area contributed by atoms with Gasteiger partial charge in [0.1, 0.15) is 11.5 Å². The summed E-state index contributed by atoms with van der Waals surface area (Å²) >= 11 is 0. The van der Waals surface area contributed by atoms with E-state index in [0.717, 1.165) is 5.76 Å². The number of carbonyl (C=O) groups is 2. The lowest BCUT2D eigenvalue weighted by atomic mass is 10.1. The number of nitrogens with two attached hydrogens (primary N) is 1. The molecule has 108 valence electrons. The van der Waals surface area contributed by atoms with Gasteiger partial charge in [-0.25, -0.2) is 4.79 Å². The molecule has 2 rings (SSSR count). The van der Waals surface area contributed by atoms with Crippen molar-refractivity contribution in [2.75, 3.05) is 0 Å². The van der Waals surface area contributed by atoms with Gasteiger partial charge in [0.25, 0.3) is 5.91 Å². The van der Waals surface area contributed by atoms with Crippen LogP contribution in [0.2, 0.25) is 0 Å². The minimum Gasteiger partial charge on any atom is -0.462 e. The summed E-state index contributed by atoms with van der Waals surface area (Å²) < 4.78 is 10.4. The number of rotatable bonds is 5. The molecule has 0 bridgehead atoms. The second-order valence-corrected chi connectivity index (χ2v) is 4.41. The second kappa shape index (κ2) is 6.56. The molecule has 1 atom stereocenters. The molecule has 0 fully saturated rings. The summed E-state index contributed by atoms with van der Waals surface area (Å²) in [5, 5.41) is 0. The summed E-state index contributed by atoms with van der Waals surface area (Å²) in [6.07, 6.45) is 1.55. The van der Waals surface area contributed by atoms with E-state index in [1.54, 1.807) is 49.4 Å². The molecule has 2 aromatic rings. The van der Waals surface area contributed by atoms with Gasteiger partial charge in [-0.2, -0.15) is 0 Å². The fourth-order valence-corrected chi connectivity index (χ4v) is 1.77. The summed E-state index contributed by atoms with van der Waals surface area (Å²) in [5.74, 6) is -0.129. The van der Waals surface area contributed by atoms with Gasteiger partial charge in [-0.1, -0.05) is 30.3 Å². The highest BCUT2D eigenvalue weighted by Crippen LogP contribution is 2.17. The Balaban J connectivity index is 2.05. The first-order valence-corrected chi connectivity index (χ1v) is 6.35. The first kappa shape index (κ1) is 14.6. The maximum Gasteiger partial charge on any atom is 0.332 e. The number of amides is 1. The van der Waals surface area contributed by atoms with Crippen LogP contribution in [0.4, 0.5) is 0 Å². The molecule has 0 saturated carbocycles.